The van der Waals surface area contributed by atoms with Gasteiger partial charge in [-0.2, -0.15) is 0 Å². The summed E-state index contributed by atoms with van der Waals surface area (Å²) in [7, 11) is 0. The van der Waals surface area contributed by atoms with Gasteiger partial charge in [-0.15, -0.1) is 0 Å². The molecule has 120 valence electrons. The summed E-state index contributed by atoms with van der Waals surface area (Å²) in [5.41, 5.74) is 2.74. The second-order valence-corrected chi connectivity index (χ2v) is 6.40. The highest BCUT2D eigenvalue weighted by molar-refractivity contribution is 5.91. The Labute approximate surface area is 135 Å². The standard InChI is InChI=1S/C18H21N3O2/c22-17(20-10-14-9-13-3-1-2-4-15(13)14)16-11-21-18(23-16)12-5-7-19-8-6-12/h1-4,11-12,14,19H,5-10H2,(H,20,22). The fourth-order valence-electron chi connectivity index (χ4n) is 3.50. The van der Waals surface area contributed by atoms with Crippen LogP contribution in [-0.2, 0) is 6.42 Å². The molecule has 2 aromatic rings. The van der Waals surface area contributed by atoms with Crippen LogP contribution in [0.4, 0.5) is 0 Å². The zero-order valence-corrected chi connectivity index (χ0v) is 13.0. The van der Waals surface area contributed by atoms with Crippen LogP contribution < -0.4 is 10.6 Å². The number of nitrogens with one attached hydrogen (secondary N) is 2. The first-order chi connectivity index (χ1) is 11.3. The molecule has 0 radical (unpaired) electrons. The lowest BCUT2D eigenvalue weighted by molar-refractivity contribution is 0.0919. The predicted octanol–water partition coefficient (Wildman–Crippen LogP) is 2.21. The molecule has 1 aliphatic carbocycles. The Morgan fingerprint density at radius 2 is 2.13 bits per heavy atom. The Hall–Kier alpha value is -2.14. The van der Waals surface area contributed by atoms with Gasteiger partial charge in [-0.3, -0.25) is 4.79 Å². The molecule has 2 N–H and O–H groups in total. The lowest BCUT2D eigenvalue weighted by Crippen LogP contribution is -2.33. The number of piperidine rings is 1. The number of carbonyl (C=O) groups excluding carboxylic acids is 1. The number of carbonyl (C=O) groups is 1. The molecule has 0 spiro atoms. The number of hydrogen-bond donors (Lipinski definition) is 2. The molecule has 1 aromatic heterocycles. The van der Waals surface area contributed by atoms with Crippen molar-refractivity contribution < 1.29 is 9.21 Å². The monoisotopic (exact) mass is 311 g/mol. The third kappa shape index (κ3) is 2.88. The van der Waals surface area contributed by atoms with Crippen LogP contribution in [0.3, 0.4) is 0 Å². The van der Waals surface area contributed by atoms with Crippen LogP contribution in [0, 0.1) is 0 Å². The maximum absolute atomic E-state index is 12.2. The first-order valence-electron chi connectivity index (χ1n) is 8.33. The number of aromatic nitrogens is 1. The van der Waals surface area contributed by atoms with E-state index in [4.69, 9.17) is 4.42 Å². The fourth-order valence-corrected chi connectivity index (χ4v) is 3.50. The summed E-state index contributed by atoms with van der Waals surface area (Å²) in [5, 5.41) is 6.29. The van der Waals surface area contributed by atoms with E-state index in [0.29, 0.717) is 30.0 Å². The fraction of sp³-hybridized carbons (Fsp3) is 0.444. The molecule has 1 fully saturated rings. The minimum atomic E-state index is -0.165. The molecule has 0 bridgehead atoms. The molecule has 23 heavy (non-hydrogen) atoms. The molecule has 1 unspecified atom stereocenters. The normalized spacial score (nSPS) is 20.6. The SMILES string of the molecule is O=C(NCC1Cc2ccccc21)c1cnc(C2CCNCC2)o1. The number of fused-ring (bicyclic) bond motifs is 1. The van der Waals surface area contributed by atoms with Gasteiger partial charge >= 0.3 is 0 Å². The third-order valence-electron chi connectivity index (χ3n) is 4.91. The van der Waals surface area contributed by atoms with E-state index in [-0.39, 0.29) is 5.91 Å². The van der Waals surface area contributed by atoms with Gasteiger partial charge in [-0.25, -0.2) is 4.98 Å². The first-order valence-corrected chi connectivity index (χ1v) is 8.33. The number of benzene rings is 1. The number of nitrogens with zero attached hydrogens (tertiary/aromatic N) is 1. The van der Waals surface area contributed by atoms with Crippen LogP contribution in [0.1, 0.15) is 52.2 Å². The summed E-state index contributed by atoms with van der Waals surface area (Å²) < 4.78 is 5.69. The Bertz CT molecular complexity index is 704. The number of oxazole rings is 1. The zero-order valence-electron chi connectivity index (χ0n) is 13.0. The average Bonchev–Trinajstić information content (AvgIpc) is 3.06. The van der Waals surface area contributed by atoms with E-state index in [1.165, 1.54) is 11.1 Å². The van der Waals surface area contributed by atoms with Crippen molar-refractivity contribution in [2.45, 2.75) is 31.1 Å². The van der Waals surface area contributed by atoms with Crippen molar-refractivity contribution in [2.24, 2.45) is 0 Å². The smallest absolute Gasteiger partial charge is 0.288 e. The molecule has 1 atom stereocenters. The quantitative estimate of drug-likeness (QED) is 0.908. The summed E-state index contributed by atoms with van der Waals surface area (Å²) in [6.07, 6.45) is 4.62. The van der Waals surface area contributed by atoms with Crippen molar-refractivity contribution in [3.63, 3.8) is 0 Å². The molecule has 2 heterocycles. The maximum atomic E-state index is 12.2. The molecule has 2 aliphatic rings. The van der Waals surface area contributed by atoms with Gasteiger partial charge in [0, 0.05) is 18.4 Å². The molecule has 5 nitrogen and oxygen atoms in total. The second-order valence-electron chi connectivity index (χ2n) is 6.40. The van der Waals surface area contributed by atoms with Crippen molar-refractivity contribution in [1.82, 2.24) is 15.6 Å². The van der Waals surface area contributed by atoms with Gasteiger partial charge in [-0.1, -0.05) is 24.3 Å². The number of amides is 1. The van der Waals surface area contributed by atoms with Crippen LogP contribution in [0.25, 0.3) is 0 Å². The largest absolute Gasteiger partial charge is 0.435 e. The van der Waals surface area contributed by atoms with E-state index in [1.54, 1.807) is 6.20 Å². The van der Waals surface area contributed by atoms with Crippen molar-refractivity contribution in [2.75, 3.05) is 19.6 Å². The first kappa shape index (κ1) is 14.5. The highest BCUT2D eigenvalue weighted by Gasteiger charge is 2.27. The Kier molecular flexibility index (Phi) is 3.87. The maximum Gasteiger partial charge on any atom is 0.288 e. The molecule has 1 saturated heterocycles. The average molecular weight is 311 g/mol. The number of rotatable bonds is 4. The molecule has 1 aromatic carbocycles. The van der Waals surface area contributed by atoms with Crippen LogP contribution in [0.5, 0.6) is 0 Å². The van der Waals surface area contributed by atoms with E-state index < -0.39 is 0 Å². The van der Waals surface area contributed by atoms with Gasteiger partial charge in [-0.05, 0) is 43.5 Å². The van der Waals surface area contributed by atoms with Gasteiger partial charge in [0.15, 0.2) is 5.89 Å². The van der Waals surface area contributed by atoms with Crippen molar-refractivity contribution in [3.05, 3.63) is 53.2 Å². The topological polar surface area (TPSA) is 67.2 Å². The van der Waals surface area contributed by atoms with Gasteiger partial charge in [0.05, 0.1) is 6.20 Å². The summed E-state index contributed by atoms with van der Waals surface area (Å²) in [6.45, 7) is 2.62. The molecule has 1 aliphatic heterocycles. The summed E-state index contributed by atoms with van der Waals surface area (Å²) in [4.78, 5) is 16.5. The highest BCUT2D eigenvalue weighted by Crippen LogP contribution is 2.34. The predicted molar refractivity (Wildman–Crippen MR) is 86.6 cm³/mol. The molecule has 1 amide bonds. The van der Waals surface area contributed by atoms with Gasteiger partial charge in [0.25, 0.3) is 5.91 Å². The summed E-state index contributed by atoms with van der Waals surface area (Å²) >= 11 is 0. The molecule has 0 saturated carbocycles. The minimum Gasteiger partial charge on any atom is -0.435 e. The third-order valence-corrected chi connectivity index (χ3v) is 4.91. The van der Waals surface area contributed by atoms with Gasteiger partial charge in [0.2, 0.25) is 5.76 Å². The number of hydrogen-bond acceptors (Lipinski definition) is 4. The van der Waals surface area contributed by atoms with Crippen molar-refractivity contribution in [3.8, 4) is 0 Å². The van der Waals surface area contributed by atoms with Crippen LogP contribution in [-0.4, -0.2) is 30.5 Å². The van der Waals surface area contributed by atoms with Crippen LogP contribution >= 0.6 is 0 Å². The minimum absolute atomic E-state index is 0.165. The van der Waals surface area contributed by atoms with Gasteiger partial charge in [0.1, 0.15) is 0 Å². The lowest BCUT2D eigenvalue weighted by atomic mass is 9.77. The summed E-state index contributed by atoms with van der Waals surface area (Å²) in [5.74, 6) is 1.61. The Balaban J connectivity index is 1.34. The second kappa shape index (κ2) is 6.16. The van der Waals surface area contributed by atoms with E-state index in [2.05, 4.69) is 39.9 Å². The van der Waals surface area contributed by atoms with E-state index in [1.807, 2.05) is 0 Å². The molecule has 5 heteroatoms. The Morgan fingerprint density at radius 1 is 1.30 bits per heavy atom. The lowest BCUT2D eigenvalue weighted by Gasteiger charge is -2.30. The zero-order chi connectivity index (χ0) is 15.6. The van der Waals surface area contributed by atoms with Gasteiger partial charge < -0.3 is 15.1 Å². The van der Waals surface area contributed by atoms with Crippen molar-refractivity contribution >= 4 is 5.91 Å². The highest BCUT2D eigenvalue weighted by atomic mass is 16.4. The molecular formula is C18H21N3O2. The van der Waals surface area contributed by atoms with E-state index in [0.717, 1.165) is 32.4 Å². The van der Waals surface area contributed by atoms with E-state index >= 15 is 0 Å². The summed E-state index contributed by atoms with van der Waals surface area (Å²) in [6, 6.07) is 8.40. The molecule has 4 rings (SSSR count). The van der Waals surface area contributed by atoms with Crippen LogP contribution in [0.2, 0.25) is 0 Å². The van der Waals surface area contributed by atoms with E-state index in [9.17, 15) is 4.79 Å². The van der Waals surface area contributed by atoms with Crippen molar-refractivity contribution in [1.29, 1.82) is 0 Å². The molecular weight excluding hydrogens is 290 g/mol. The Morgan fingerprint density at radius 3 is 2.96 bits per heavy atom. The van der Waals surface area contributed by atoms with Crippen LogP contribution in [0.15, 0.2) is 34.9 Å².